The summed E-state index contributed by atoms with van der Waals surface area (Å²) in [5, 5.41) is 6.27. The zero-order valence-corrected chi connectivity index (χ0v) is 13.6. The molecule has 5 nitrogen and oxygen atoms in total. The molecule has 24 heavy (non-hydrogen) atoms. The third kappa shape index (κ3) is 5.39. The van der Waals surface area contributed by atoms with Gasteiger partial charge < -0.3 is 15.4 Å². The van der Waals surface area contributed by atoms with Gasteiger partial charge in [0.25, 0.3) is 0 Å². The second-order valence-corrected chi connectivity index (χ2v) is 4.89. The van der Waals surface area contributed by atoms with Crippen molar-refractivity contribution in [1.82, 2.24) is 15.6 Å². The molecule has 0 aliphatic rings. The molecule has 126 valence electrons. The smallest absolute Gasteiger partial charge is 0.224 e. The maximum absolute atomic E-state index is 13.3. The maximum Gasteiger partial charge on any atom is 0.224 e. The fourth-order valence-corrected chi connectivity index (χ4v) is 1.95. The number of halogens is 1. The molecule has 0 saturated carbocycles. The molecule has 1 heterocycles. The van der Waals surface area contributed by atoms with Crippen LogP contribution in [0.15, 0.2) is 60.2 Å². The van der Waals surface area contributed by atoms with Crippen LogP contribution in [0.25, 0.3) is 0 Å². The van der Waals surface area contributed by atoms with Crippen molar-refractivity contribution in [3.05, 3.63) is 66.6 Å². The molecule has 0 radical (unpaired) electrons. The van der Waals surface area contributed by atoms with E-state index in [1.165, 1.54) is 12.1 Å². The summed E-state index contributed by atoms with van der Waals surface area (Å²) in [4.78, 5) is 8.71. The largest absolute Gasteiger partial charge is 0.439 e. The first-order valence-corrected chi connectivity index (χ1v) is 7.73. The van der Waals surface area contributed by atoms with E-state index in [0.717, 1.165) is 12.1 Å². The van der Waals surface area contributed by atoms with Crippen molar-refractivity contribution < 1.29 is 9.13 Å². The highest BCUT2D eigenvalue weighted by Gasteiger charge is 2.07. The normalized spacial score (nSPS) is 11.0. The number of ether oxygens (including phenoxy) is 1. The minimum absolute atomic E-state index is 0.356. The Morgan fingerprint density at radius 1 is 1.33 bits per heavy atom. The molecule has 0 spiro atoms. The Kier molecular flexibility index (Phi) is 6.76. The quantitative estimate of drug-likeness (QED) is 0.465. The van der Waals surface area contributed by atoms with E-state index < -0.39 is 0 Å². The molecule has 0 bridgehead atoms. The molecule has 0 atom stereocenters. The molecule has 0 aliphatic carbocycles. The van der Waals surface area contributed by atoms with E-state index in [0.29, 0.717) is 30.7 Å². The Labute approximate surface area is 141 Å². The highest BCUT2D eigenvalue weighted by atomic mass is 19.1. The van der Waals surface area contributed by atoms with Crippen molar-refractivity contribution in [2.24, 2.45) is 4.99 Å². The van der Waals surface area contributed by atoms with Crippen molar-refractivity contribution in [3.63, 3.8) is 0 Å². The first-order valence-electron chi connectivity index (χ1n) is 7.73. The molecule has 2 rings (SSSR count). The second kappa shape index (κ2) is 9.29. The predicted molar refractivity (Wildman–Crippen MR) is 93.7 cm³/mol. The van der Waals surface area contributed by atoms with Gasteiger partial charge in [-0.05, 0) is 25.1 Å². The Hall–Kier alpha value is -2.89. The van der Waals surface area contributed by atoms with Crippen LogP contribution >= 0.6 is 0 Å². The van der Waals surface area contributed by atoms with Crippen LogP contribution in [0.1, 0.15) is 12.5 Å². The first kappa shape index (κ1) is 17.5. The molecule has 6 heteroatoms. The van der Waals surface area contributed by atoms with E-state index in [4.69, 9.17) is 4.74 Å². The highest BCUT2D eigenvalue weighted by Crippen LogP contribution is 2.23. The summed E-state index contributed by atoms with van der Waals surface area (Å²) in [5.41, 5.74) is 0.803. The summed E-state index contributed by atoms with van der Waals surface area (Å²) in [5.74, 6) is 1.13. The van der Waals surface area contributed by atoms with Crippen molar-refractivity contribution in [2.75, 3.05) is 13.1 Å². The lowest BCUT2D eigenvalue weighted by Gasteiger charge is -2.11. The van der Waals surface area contributed by atoms with Gasteiger partial charge in [-0.3, -0.25) is 0 Å². The van der Waals surface area contributed by atoms with E-state index in [2.05, 4.69) is 27.2 Å². The summed E-state index contributed by atoms with van der Waals surface area (Å²) >= 11 is 0. The van der Waals surface area contributed by atoms with Gasteiger partial charge in [0.2, 0.25) is 5.88 Å². The highest BCUT2D eigenvalue weighted by molar-refractivity contribution is 5.79. The number of hydrogen-bond donors (Lipinski definition) is 2. The van der Waals surface area contributed by atoms with Crippen LogP contribution in [0.4, 0.5) is 4.39 Å². The van der Waals surface area contributed by atoms with Crippen LogP contribution in [0.3, 0.4) is 0 Å². The molecule has 0 saturated heterocycles. The van der Waals surface area contributed by atoms with E-state index in [1.54, 1.807) is 24.4 Å². The number of pyridine rings is 1. The van der Waals surface area contributed by atoms with Gasteiger partial charge >= 0.3 is 0 Å². The maximum atomic E-state index is 13.3. The summed E-state index contributed by atoms with van der Waals surface area (Å²) in [7, 11) is 0. The lowest BCUT2D eigenvalue weighted by molar-refractivity contribution is 0.452. The molecule has 1 aromatic carbocycles. The molecule has 0 aliphatic heterocycles. The van der Waals surface area contributed by atoms with Crippen LogP contribution < -0.4 is 15.4 Å². The third-order valence-corrected chi connectivity index (χ3v) is 3.03. The number of hydrogen-bond acceptors (Lipinski definition) is 3. The average molecular weight is 328 g/mol. The van der Waals surface area contributed by atoms with Gasteiger partial charge in [0, 0.05) is 30.9 Å². The van der Waals surface area contributed by atoms with Crippen LogP contribution in [-0.4, -0.2) is 24.0 Å². The van der Waals surface area contributed by atoms with E-state index >= 15 is 0 Å². The van der Waals surface area contributed by atoms with E-state index in [-0.39, 0.29) is 5.82 Å². The van der Waals surface area contributed by atoms with Crippen LogP contribution in [-0.2, 0) is 6.54 Å². The Morgan fingerprint density at radius 3 is 2.96 bits per heavy atom. The van der Waals surface area contributed by atoms with Crippen molar-refractivity contribution in [3.8, 4) is 11.6 Å². The third-order valence-electron chi connectivity index (χ3n) is 3.03. The summed E-state index contributed by atoms with van der Waals surface area (Å²) in [6.07, 6.45) is 3.39. The zero-order chi connectivity index (χ0) is 17.2. The zero-order valence-electron chi connectivity index (χ0n) is 13.6. The lowest BCUT2D eigenvalue weighted by Crippen LogP contribution is -2.37. The van der Waals surface area contributed by atoms with Crippen LogP contribution in [0, 0.1) is 5.82 Å². The standard InChI is InChI=1S/C18H21FN4O/c1-3-10-22-18(20-4-2)23-13-14-7-6-11-21-17(14)24-16-9-5-8-15(19)12-16/h3,5-9,11-12H,1,4,10,13H2,2H3,(H2,20,22,23). The van der Waals surface area contributed by atoms with Gasteiger partial charge in [-0.25, -0.2) is 14.4 Å². The Morgan fingerprint density at radius 2 is 2.21 bits per heavy atom. The fourth-order valence-electron chi connectivity index (χ4n) is 1.95. The molecule has 2 aromatic rings. The average Bonchev–Trinajstić information content (AvgIpc) is 2.58. The molecule has 2 N–H and O–H groups in total. The second-order valence-electron chi connectivity index (χ2n) is 4.89. The fraction of sp³-hybridized carbons (Fsp3) is 0.222. The minimum Gasteiger partial charge on any atom is -0.439 e. The van der Waals surface area contributed by atoms with Gasteiger partial charge in [0.15, 0.2) is 5.96 Å². The summed E-state index contributed by atoms with van der Waals surface area (Å²) < 4.78 is 19.0. The molecule has 0 unspecified atom stereocenters. The Balaban J connectivity index is 2.14. The molecule has 1 aromatic heterocycles. The summed E-state index contributed by atoms with van der Waals surface area (Å²) in [6.45, 7) is 7.42. The van der Waals surface area contributed by atoms with E-state index in [1.807, 2.05) is 19.1 Å². The number of benzene rings is 1. The van der Waals surface area contributed by atoms with Crippen LogP contribution in [0.5, 0.6) is 11.6 Å². The number of nitrogens with one attached hydrogen (secondary N) is 2. The number of aliphatic imine (C=N–C) groups is 1. The predicted octanol–water partition coefficient (Wildman–Crippen LogP) is 3.25. The number of rotatable bonds is 7. The SMILES string of the molecule is C=CCNC(=NCc1cccnc1Oc1cccc(F)c1)NCC. The minimum atomic E-state index is -0.356. The molecular weight excluding hydrogens is 307 g/mol. The van der Waals surface area contributed by atoms with Crippen molar-refractivity contribution in [2.45, 2.75) is 13.5 Å². The lowest BCUT2D eigenvalue weighted by atomic mass is 10.2. The van der Waals surface area contributed by atoms with Gasteiger partial charge in [-0.1, -0.05) is 18.2 Å². The topological polar surface area (TPSA) is 58.5 Å². The van der Waals surface area contributed by atoms with Gasteiger partial charge in [0.1, 0.15) is 11.6 Å². The van der Waals surface area contributed by atoms with Gasteiger partial charge in [-0.15, -0.1) is 6.58 Å². The monoisotopic (exact) mass is 328 g/mol. The van der Waals surface area contributed by atoms with Crippen molar-refractivity contribution >= 4 is 5.96 Å². The first-order chi connectivity index (χ1) is 11.7. The number of nitrogens with zero attached hydrogens (tertiary/aromatic N) is 2. The molecular formula is C18H21FN4O. The van der Waals surface area contributed by atoms with Gasteiger partial charge in [0.05, 0.1) is 6.54 Å². The Bertz CT molecular complexity index is 703. The van der Waals surface area contributed by atoms with E-state index in [9.17, 15) is 4.39 Å². The summed E-state index contributed by atoms with van der Waals surface area (Å²) in [6, 6.07) is 9.64. The van der Waals surface area contributed by atoms with Crippen molar-refractivity contribution in [1.29, 1.82) is 0 Å². The molecule has 0 amide bonds. The van der Waals surface area contributed by atoms with Gasteiger partial charge in [-0.2, -0.15) is 0 Å². The molecule has 0 fully saturated rings. The van der Waals surface area contributed by atoms with Crippen LogP contribution in [0.2, 0.25) is 0 Å². The number of guanidine groups is 1. The number of aromatic nitrogens is 1.